The predicted molar refractivity (Wildman–Crippen MR) is 121 cm³/mol. The second-order valence-electron chi connectivity index (χ2n) is 9.80. The Bertz CT molecular complexity index is 825. The number of amides is 3. The molecule has 4 unspecified atom stereocenters. The average Bonchev–Trinajstić information content (AvgIpc) is 3.11. The Labute approximate surface area is 194 Å². The number of carbonyl (C=O) groups excluding carboxylic acids is 3. The van der Waals surface area contributed by atoms with Crippen LogP contribution in [0, 0.1) is 5.92 Å². The summed E-state index contributed by atoms with van der Waals surface area (Å²) in [4.78, 5) is 39.0. The quantitative estimate of drug-likeness (QED) is 0.599. The molecule has 0 radical (unpaired) electrons. The summed E-state index contributed by atoms with van der Waals surface area (Å²) in [6, 6.07) is 8.54. The second-order valence-corrected chi connectivity index (χ2v) is 9.80. The van der Waals surface area contributed by atoms with Crippen LogP contribution < -0.4 is 10.6 Å². The molecule has 1 aromatic rings. The zero-order chi connectivity index (χ0) is 24.0. The zero-order valence-electron chi connectivity index (χ0n) is 19.6. The summed E-state index contributed by atoms with van der Waals surface area (Å²) in [5.74, 6) is -0.362. The summed E-state index contributed by atoms with van der Waals surface area (Å²) in [5.41, 5.74) is 0.477. The highest BCUT2D eigenvalue weighted by atomic mass is 16.6. The molecule has 4 atom stereocenters. The summed E-state index contributed by atoms with van der Waals surface area (Å²) in [7, 11) is 0. The van der Waals surface area contributed by atoms with Crippen molar-refractivity contribution in [3.63, 3.8) is 0 Å². The van der Waals surface area contributed by atoms with Gasteiger partial charge in [0.05, 0.1) is 0 Å². The molecular weight excluding hydrogens is 426 g/mol. The van der Waals surface area contributed by atoms with E-state index < -0.39 is 23.8 Å². The number of hydrogen-bond acceptors (Lipinski definition) is 6. The van der Waals surface area contributed by atoms with E-state index in [-0.39, 0.29) is 37.2 Å². The van der Waals surface area contributed by atoms with Gasteiger partial charge in [0.25, 0.3) is 0 Å². The number of nitrogens with zero attached hydrogens (tertiary/aromatic N) is 1. The van der Waals surface area contributed by atoms with Crippen molar-refractivity contribution in [2.24, 2.45) is 5.92 Å². The first-order valence-corrected chi connectivity index (χ1v) is 11.5. The number of carbonyl (C=O) groups is 3. The fraction of sp³-hybridized carbons (Fsp3) is 0.625. The van der Waals surface area contributed by atoms with Crippen molar-refractivity contribution in [1.82, 2.24) is 15.5 Å². The Morgan fingerprint density at radius 1 is 1.12 bits per heavy atom. The number of rotatable bonds is 6. The molecule has 1 saturated carbocycles. The third kappa shape index (κ3) is 7.08. The van der Waals surface area contributed by atoms with Gasteiger partial charge in [-0.25, -0.2) is 9.59 Å². The van der Waals surface area contributed by atoms with Crippen LogP contribution >= 0.6 is 0 Å². The van der Waals surface area contributed by atoms with Gasteiger partial charge in [-0.15, -0.1) is 0 Å². The Balaban J connectivity index is 1.49. The van der Waals surface area contributed by atoms with Gasteiger partial charge in [0.2, 0.25) is 5.91 Å². The van der Waals surface area contributed by atoms with Crippen LogP contribution in [0.1, 0.15) is 52.0 Å². The highest BCUT2D eigenvalue weighted by Gasteiger charge is 2.42. The van der Waals surface area contributed by atoms with Gasteiger partial charge >= 0.3 is 12.2 Å². The first kappa shape index (κ1) is 24.8. The van der Waals surface area contributed by atoms with Gasteiger partial charge in [0, 0.05) is 30.7 Å². The van der Waals surface area contributed by atoms with Gasteiger partial charge in [-0.05, 0) is 52.0 Å². The van der Waals surface area contributed by atoms with Gasteiger partial charge in [-0.1, -0.05) is 30.3 Å². The van der Waals surface area contributed by atoms with Crippen molar-refractivity contribution in [2.45, 2.75) is 76.8 Å². The number of benzene rings is 1. The van der Waals surface area contributed by atoms with Crippen molar-refractivity contribution < 1.29 is 29.0 Å². The van der Waals surface area contributed by atoms with Crippen molar-refractivity contribution >= 4 is 18.1 Å². The first-order valence-electron chi connectivity index (χ1n) is 11.5. The van der Waals surface area contributed by atoms with Crippen molar-refractivity contribution in [3.8, 4) is 0 Å². The molecule has 9 nitrogen and oxygen atoms in total. The molecule has 1 saturated heterocycles. The van der Waals surface area contributed by atoms with Crippen molar-refractivity contribution in [3.05, 3.63) is 35.9 Å². The van der Waals surface area contributed by atoms with Gasteiger partial charge in [0.15, 0.2) is 0 Å². The fourth-order valence-corrected chi connectivity index (χ4v) is 4.48. The molecule has 1 aliphatic heterocycles. The minimum Gasteiger partial charge on any atom is -0.446 e. The lowest BCUT2D eigenvalue weighted by Gasteiger charge is -2.40. The Morgan fingerprint density at radius 2 is 1.85 bits per heavy atom. The normalized spacial score (nSPS) is 25.5. The highest BCUT2D eigenvalue weighted by molar-refractivity contribution is 5.87. The SMILES string of the molecule is CC(C)(C)NC(=O)OC1CCC(N2CCC(NC(=O)OCc3ccccc3)C2=O)C(CO)C1. The lowest BCUT2D eigenvalue weighted by atomic mass is 9.82. The summed E-state index contributed by atoms with van der Waals surface area (Å²) < 4.78 is 10.8. The molecule has 182 valence electrons. The van der Waals surface area contributed by atoms with E-state index in [0.717, 1.165) is 5.56 Å². The summed E-state index contributed by atoms with van der Waals surface area (Å²) in [5, 5.41) is 15.4. The third-order valence-corrected chi connectivity index (χ3v) is 6.02. The van der Waals surface area contributed by atoms with Gasteiger partial charge in [-0.2, -0.15) is 0 Å². The van der Waals surface area contributed by atoms with E-state index in [1.807, 2.05) is 51.1 Å². The molecule has 33 heavy (non-hydrogen) atoms. The molecule has 3 amide bonds. The molecule has 2 fully saturated rings. The number of aliphatic hydroxyl groups is 1. The lowest BCUT2D eigenvalue weighted by Crippen LogP contribution is -2.51. The maximum absolute atomic E-state index is 13.0. The molecular formula is C24H35N3O6. The van der Waals surface area contributed by atoms with Crippen LogP contribution in [0.3, 0.4) is 0 Å². The van der Waals surface area contributed by atoms with E-state index in [1.165, 1.54) is 0 Å². The van der Waals surface area contributed by atoms with E-state index in [9.17, 15) is 19.5 Å². The monoisotopic (exact) mass is 461 g/mol. The smallest absolute Gasteiger partial charge is 0.408 e. The number of nitrogens with one attached hydrogen (secondary N) is 2. The summed E-state index contributed by atoms with van der Waals surface area (Å²) in [6.45, 7) is 6.16. The molecule has 3 N–H and O–H groups in total. The lowest BCUT2D eigenvalue weighted by molar-refractivity contribution is -0.134. The standard InChI is InChI=1S/C24H35N3O6/c1-24(2,3)26-23(31)33-18-9-10-20(17(13-18)14-28)27-12-11-19(21(27)29)25-22(30)32-15-16-7-5-4-6-8-16/h4-8,17-20,28H,9-15H2,1-3H3,(H,25,30)(H,26,31). The maximum Gasteiger partial charge on any atom is 0.408 e. The largest absolute Gasteiger partial charge is 0.446 e. The van der Waals surface area contributed by atoms with Gasteiger partial charge in [0.1, 0.15) is 18.8 Å². The molecule has 1 aromatic carbocycles. The van der Waals surface area contributed by atoms with Crippen molar-refractivity contribution in [1.29, 1.82) is 0 Å². The third-order valence-electron chi connectivity index (χ3n) is 6.02. The topological polar surface area (TPSA) is 117 Å². The number of alkyl carbamates (subject to hydrolysis) is 2. The van der Waals surface area contributed by atoms with Crippen molar-refractivity contribution in [2.75, 3.05) is 13.2 Å². The van der Waals surface area contributed by atoms with Crippen LogP contribution in [0.15, 0.2) is 30.3 Å². The Morgan fingerprint density at radius 3 is 2.52 bits per heavy atom. The van der Waals surface area contributed by atoms with E-state index in [1.54, 1.807) is 4.90 Å². The van der Waals surface area contributed by atoms with E-state index in [0.29, 0.717) is 32.2 Å². The first-order chi connectivity index (χ1) is 15.7. The molecule has 0 spiro atoms. The van der Waals surface area contributed by atoms with Crippen LogP contribution in [-0.4, -0.2) is 65.0 Å². The molecule has 3 rings (SSSR count). The average molecular weight is 462 g/mol. The molecule has 1 heterocycles. The molecule has 1 aliphatic carbocycles. The molecule has 2 aliphatic rings. The van der Waals surface area contributed by atoms with E-state index in [4.69, 9.17) is 9.47 Å². The van der Waals surface area contributed by atoms with Gasteiger partial charge in [-0.3, -0.25) is 4.79 Å². The van der Waals surface area contributed by atoms with E-state index >= 15 is 0 Å². The Hall–Kier alpha value is -2.81. The predicted octanol–water partition coefficient (Wildman–Crippen LogP) is 2.57. The van der Waals surface area contributed by atoms with Crippen LogP contribution in [0.2, 0.25) is 0 Å². The molecule has 0 aromatic heterocycles. The number of ether oxygens (including phenoxy) is 2. The maximum atomic E-state index is 13.0. The zero-order valence-corrected chi connectivity index (χ0v) is 19.6. The van der Waals surface area contributed by atoms with Crippen LogP contribution in [-0.2, 0) is 20.9 Å². The minimum absolute atomic E-state index is 0.105. The van der Waals surface area contributed by atoms with Crippen LogP contribution in [0.25, 0.3) is 0 Å². The summed E-state index contributed by atoms with van der Waals surface area (Å²) in [6.07, 6.45) is 0.801. The minimum atomic E-state index is -0.640. The molecule has 9 heteroatoms. The number of likely N-dealkylation sites (tertiary alicyclic amines) is 1. The summed E-state index contributed by atoms with van der Waals surface area (Å²) >= 11 is 0. The molecule has 0 bridgehead atoms. The highest BCUT2D eigenvalue weighted by Crippen LogP contribution is 2.33. The number of hydrogen-bond donors (Lipinski definition) is 3. The van der Waals surface area contributed by atoms with Crippen LogP contribution in [0.5, 0.6) is 0 Å². The van der Waals surface area contributed by atoms with E-state index in [2.05, 4.69) is 10.6 Å². The fourth-order valence-electron chi connectivity index (χ4n) is 4.48. The van der Waals surface area contributed by atoms with Gasteiger partial charge < -0.3 is 30.1 Å². The second kappa shape index (κ2) is 10.9. The Kier molecular flexibility index (Phi) is 8.18. The number of aliphatic hydroxyl groups excluding tert-OH is 1. The van der Waals surface area contributed by atoms with Crippen LogP contribution in [0.4, 0.5) is 9.59 Å².